The molecular weight excluding hydrogens is 138 g/mol. The molecule has 0 unspecified atom stereocenters. The lowest BCUT2D eigenvalue weighted by atomic mass is 10.3. The van der Waals surface area contributed by atoms with Gasteiger partial charge in [-0.2, -0.15) is 0 Å². The summed E-state index contributed by atoms with van der Waals surface area (Å²) in [5.41, 5.74) is 2.21. The monoisotopic (exact) mass is 147 g/mol. The van der Waals surface area contributed by atoms with E-state index in [-0.39, 0.29) is 0 Å². The summed E-state index contributed by atoms with van der Waals surface area (Å²) < 4.78 is 2.05. The first-order valence-corrected chi connectivity index (χ1v) is 3.48. The van der Waals surface area contributed by atoms with Crippen molar-refractivity contribution >= 4 is 0 Å². The fraction of sp³-hybridized carbons (Fsp3) is 0.125. The number of aromatic nitrogens is 3. The minimum absolute atomic E-state index is 1.05. The number of aromatic amines is 1. The number of hydrogen-bond donors (Lipinski definition) is 1. The number of imidazole rings is 1. The maximum absolute atomic E-state index is 3.95. The van der Waals surface area contributed by atoms with Gasteiger partial charge in [0.05, 0.1) is 23.9 Å². The van der Waals surface area contributed by atoms with Crippen molar-refractivity contribution in [2.45, 2.75) is 0 Å². The van der Waals surface area contributed by atoms with E-state index in [1.54, 1.807) is 6.33 Å². The van der Waals surface area contributed by atoms with Gasteiger partial charge < -0.3 is 9.55 Å². The third-order valence-corrected chi connectivity index (χ3v) is 1.72. The quantitative estimate of drug-likeness (QED) is 0.650. The van der Waals surface area contributed by atoms with Gasteiger partial charge in [-0.05, 0) is 12.1 Å². The Balaban J connectivity index is 2.53. The Morgan fingerprint density at radius 1 is 1.55 bits per heavy atom. The van der Waals surface area contributed by atoms with Gasteiger partial charge in [0.1, 0.15) is 0 Å². The van der Waals surface area contributed by atoms with Crippen LogP contribution < -0.4 is 0 Å². The number of H-pyrrole nitrogens is 1. The summed E-state index contributed by atoms with van der Waals surface area (Å²) in [4.78, 5) is 7.00. The van der Waals surface area contributed by atoms with Gasteiger partial charge in [-0.3, -0.25) is 0 Å². The number of nitrogens with zero attached hydrogens (tertiary/aromatic N) is 2. The van der Waals surface area contributed by atoms with Gasteiger partial charge in [-0.15, -0.1) is 0 Å². The van der Waals surface area contributed by atoms with Crippen LogP contribution in [0.15, 0.2) is 30.9 Å². The molecule has 3 nitrogen and oxygen atoms in total. The van der Waals surface area contributed by atoms with Crippen LogP contribution in [0.25, 0.3) is 11.4 Å². The van der Waals surface area contributed by atoms with Crippen molar-refractivity contribution in [3.8, 4) is 11.4 Å². The summed E-state index contributed by atoms with van der Waals surface area (Å²) >= 11 is 0. The summed E-state index contributed by atoms with van der Waals surface area (Å²) in [6.45, 7) is 0. The van der Waals surface area contributed by atoms with Crippen LogP contribution in [-0.4, -0.2) is 14.5 Å². The first-order valence-electron chi connectivity index (χ1n) is 3.48. The summed E-state index contributed by atoms with van der Waals surface area (Å²) in [7, 11) is 2.01. The molecule has 1 N–H and O–H groups in total. The van der Waals surface area contributed by atoms with E-state index in [0.29, 0.717) is 0 Å². The summed E-state index contributed by atoms with van der Waals surface area (Å²) in [6, 6.07) is 4.06. The van der Waals surface area contributed by atoms with E-state index < -0.39 is 0 Å². The van der Waals surface area contributed by atoms with Gasteiger partial charge in [-0.1, -0.05) is 0 Å². The zero-order chi connectivity index (χ0) is 7.68. The summed E-state index contributed by atoms with van der Waals surface area (Å²) in [5.74, 6) is 0. The average Bonchev–Trinajstić information content (AvgIpc) is 2.55. The first kappa shape index (κ1) is 6.22. The summed E-state index contributed by atoms with van der Waals surface area (Å²) in [6.07, 6.45) is 5.51. The Morgan fingerprint density at radius 2 is 2.45 bits per heavy atom. The van der Waals surface area contributed by atoms with Crippen LogP contribution in [0, 0.1) is 0 Å². The molecule has 0 radical (unpaired) electrons. The van der Waals surface area contributed by atoms with Crippen molar-refractivity contribution in [3.05, 3.63) is 30.9 Å². The highest BCUT2D eigenvalue weighted by atomic mass is 15.0. The standard InChI is InChI=1S/C8H9N3/c1-11-4-2-3-8(11)7-5-9-6-10-7/h2-6H,1H3,(H,9,10). The molecule has 2 heterocycles. The van der Waals surface area contributed by atoms with Crippen LogP contribution in [0.2, 0.25) is 0 Å². The Bertz CT molecular complexity index is 332. The predicted molar refractivity (Wildman–Crippen MR) is 43.0 cm³/mol. The molecule has 0 fully saturated rings. The van der Waals surface area contributed by atoms with E-state index in [2.05, 4.69) is 9.97 Å². The highest BCUT2D eigenvalue weighted by Crippen LogP contribution is 2.14. The third kappa shape index (κ3) is 0.941. The van der Waals surface area contributed by atoms with Gasteiger partial charge >= 0.3 is 0 Å². The SMILES string of the molecule is Cn1cccc1-c1cnc[nH]1. The van der Waals surface area contributed by atoms with Crippen LogP contribution in [0.3, 0.4) is 0 Å². The second kappa shape index (κ2) is 2.27. The van der Waals surface area contributed by atoms with Gasteiger partial charge in [0.25, 0.3) is 0 Å². The molecular formula is C8H9N3. The molecule has 2 aromatic rings. The van der Waals surface area contributed by atoms with E-state index in [4.69, 9.17) is 0 Å². The normalized spacial score (nSPS) is 10.3. The van der Waals surface area contributed by atoms with Crippen molar-refractivity contribution in [1.29, 1.82) is 0 Å². The van der Waals surface area contributed by atoms with Crippen molar-refractivity contribution in [1.82, 2.24) is 14.5 Å². The molecule has 11 heavy (non-hydrogen) atoms. The molecule has 0 saturated carbocycles. The van der Waals surface area contributed by atoms with E-state index >= 15 is 0 Å². The molecule has 3 heteroatoms. The molecule has 0 bridgehead atoms. The van der Waals surface area contributed by atoms with Gasteiger partial charge in [0, 0.05) is 13.2 Å². The molecule has 0 saturated heterocycles. The fourth-order valence-corrected chi connectivity index (χ4v) is 1.14. The van der Waals surface area contributed by atoms with Crippen LogP contribution in [0.1, 0.15) is 0 Å². The van der Waals surface area contributed by atoms with Crippen molar-refractivity contribution in [3.63, 3.8) is 0 Å². The second-order valence-corrected chi connectivity index (χ2v) is 2.47. The van der Waals surface area contributed by atoms with Crippen LogP contribution >= 0.6 is 0 Å². The van der Waals surface area contributed by atoms with Crippen LogP contribution in [0.5, 0.6) is 0 Å². The van der Waals surface area contributed by atoms with E-state index in [0.717, 1.165) is 11.4 Å². The van der Waals surface area contributed by atoms with Crippen molar-refractivity contribution < 1.29 is 0 Å². The Kier molecular flexibility index (Phi) is 1.28. The maximum Gasteiger partial charge on any atom is 0.0924 e. The van der Waals surface area contributed by atoms with E-state index in [1.165, 1.54) is 0 Å². The van der Waals surface area contributed by atoms with Crippen LogP contribution in [0.4, 0.5) is 0 Å². The molecule has 0 spiro atoms. The molecule has 0 aliphatic carbocycles. The molecule has 0 atom stereocenters. The molecule has 2 aromatic heterocycles. The third-order valence-electron chi connectivity index (χ3n) is 1.72. The average molecular weight is 147 g/mol. The van der Waals surface area contributed by atoms with Crippen molar-refractivity contribution in [2.24, 2.45) is 7.05 Å². The lowest BCUT2D eigenvalue weighted by Gasteiger charge is -1.97. The molecule has 0 amide bonds. The minimum Gasteiger partial charge on any atom is -0.349 e. The fourth-order valence-electron chi connectivity index (χ4n) is 1.14. The van der Waals surface area contributed by atoms with Crippen molar-refractivity contribution in [2.75, 3.05) is 0 Å². The van der Waals surface area contributed by atoms with Crippen LogP contribution in [-0.2, 0) is 7.05 Å². The number of aryl methyl sites for hydroxylation is 1. The molecule has 0 aliphatic rings. The molecule has 2 rings (SSSR count). The predicted octanol–water partition coefficient (Wildman–Crippen LogP) is 1.42. The van der Waals surface area contributed by atoms with Gasteiger partial charge in [0.15, 0.2) is 0 Å². The topological polar surface area (TPSA) is 33.6 Å². The minimum atomic E-state index is 1.05. The molecule has 0 aromatic carbocycles. The second-order valence-electron chi connectivity index (χ2n) is 2.47. The highest BCUT2D eigenvalue weighted by Gasteiger charge is 1.99. The molecule has 0 aliphatic heterocycles. The van der Waals surface area contributed by atoms with Gasteiger partial charge in [0.2, 0.25) is 0 Å². The number of hydrogen-bond acceptors (Lipinski definition) is 1. The Hall–Kier alpha value is -1.51. The number of rotatable bonds is 1. The van der Waals surface area contributed by atoms with E-state index in [9.17, 15) is 0 Å². The zero-order valence-corrected chi connectivity index (χ0v) is 6.28. The highest BCUT2D eigenvalue weighted by molar-refractivity contribution is 5.53. The zero-order valence-electron chi connectivity index (χ0n) is 6.28. The Labute approximate surface area is 64.7 Å². The summed E-state index contributed by atoms with van der Waals surface area (Å²) in [5, 5.41) is 0. The smallest absolute Gasteiger partial charge is 0.0924 e. The van der Waals surface area contributed by atoms with E-state index in [1.807, 2.05) is 36.1 Å². The number of nitrogens with one attached hydrogen (secondary N) is 1. The molecule has 56 valence electrons. The van der Waals surface area contributed by atoms with Gasteiger partial charge in [-0.25, -0.2) is 4.98 Å². The lowest BCUT2D eigenvalue weighted by Crippen LogP contribution is -1.88. The maximum atomic E-state index is 3.95. The largest absolute Gasteiger partial charge is 0.349 e. The first-order chi connectivity index (χ1) is 5.38. The lowest BCUT2D eigenvalue weighted by molar-refractivity contribution is 0.932. The Morgan fingerprint density at radius 3 is 3.00 bits per heavy atom.